The number of ether oxygens (including phenoxy) is 2. The number of cyclic esters (lactones) is 1. The predicted molar refractivity (Wildman–Crippen MR) is 150 cm³/mol. The molecule has 1 saturated carbocycles. The first-order valence-corrected chi connectivity index (χ1v) is 13.4. The smallest absolute Gasteiger partial charge is 0.342 e. The Labute approximate surface area is 240 Å². The molecule has 1 aromatic carbocycles. The zero-order valence-corrected chi connectivity index (χ0v) is 23.6. The maximum Gasteiger partial charge on any atom is 0.342 e. The molecule has 226 valence electrons. The molecule has 42 heavy (non-hydrogen) atoms. The number of fused-ring (bicyclic) bond motifs is 2. The molecule has 0 spiro atoms. The van der Waals surface area contributed by atoms with E-state index in [1.54, 1.807) is 4.57 Å². The molecular weight excluding hydrogens is 550 g/mol. The van der Waals surface area contributed by atoms with Gasteiger partial charge in [0, 0.05) is 42.7 Å². The van der Waals surface area contributed by atoms with Crippen LogP contribution in [0.3, 0.4) is 0 Å². The number of rotatable bonds is 9. The second kappa shape index (κ2) is 12.6. The maximum absolute atomic E-state index is 11.8. The number of aromatic hydroxyl groups is 1. The number of nitrogens with two attached hydrogens (primary N) is 1. The molecule has 14 nitrogen and oxygen atoms in total. The van der Waals surface area contributed by atoms with Gasteiger partial charge in [-0.2, -0.15) is 4.98 Å². The number of aliphatic hydroxyl groups excluding tert-OH is 2. The minimum absolute atomic E-state index is 0.0131. The Morgan fingerprint density at radius 1 is 1.29 bits per heavy atom. The number of carbonyl (C=O) groups is 2. The van der Waals surface area contributed by atoms with Crippen molar-refractivity contribution in [1.82, 2.24) is 19.5 Å². The number of aromatic amines is 1. The topological polar surface area (TPSA) is 223 Å². The van der Waals surface area contributed by atoms with Gasteiger partial charge in [0.05, 0.1) is 13.4 Å². The Morgan fingerprint density at radius 2 is 2.02 bits per heavy atom. The summed E-state index contributed by atoms with van der Waals surface area (Å²) in [5, 5.41) is 37.7. The molecule has 14 heteroatoms. The van der Waals surface area contributed by atoms with Crippen LogP contribution in [-0.4, -0.2) is 72.2 Å². The molecular formula is C28H35N5O9. The van der Waals surface area contributed by atoms with Gasteiger partial charge >= 0.3 is 11.9 Å². The van der Waals surface area contributed by atoms with Crippen molar-refractivity contribution in [2.45, 2.75) is 52.2 Å². The summed E-state index contributed by atoms with van der Waals surface area (Å²) in [5.41, 5.74) is 8.85. The molecule has 0 radical (unpaired) electrons. The molecule has 1 aliphatic heterocycles. The lowest BCUT2D eigenvalue weighted by molar-refractivity contribution is -0.136. The SMILES string of the molecule is COc1c(C)c2c(c(O)c1C/C=C(\C)CCC(=O)O)C(=O)OC2.Nc1nc2c(ncn2[C@@H]2C[C@H](CO)[C@H]2CO)c(=O)[nH]1. The van der Waals surface area contributed by atoms with Gasteiger partial charge in [-0.25, -0.2) is 9.78 Å². The van der Waals surface area contributed by atoms with E-state index >= 15 is 0 Å². The van der Waals surface area contributed by atoms with Crippen molar-refractivity contribution in [2.75, 3.05) is 26.1 Å². The van der Waals surface area contributed by atoms with E-state index in [4.69, 9.17) is 20.3 Å². The fraction of sp³-hybridized carbons (Fsp3) is 0.464. The summed E-state index contributed by atoms with van der Waals surface area (Å²) in [4.78, 5) is 44.6. The van der Waals surface area contributed by atoms with Crippen molar-refractivity contribution in [3.05, 3.63) is 50.6 Å². The second-order valence-corrected chi connectivity index (χ2v) is 10.4. The van der Waals surface area contributed by atoms with E-state index in [2.05, 4.69) is 15.0 Å². The molecule has 1 aliphatic carbocycles. The van der Waals surface area contributed by atoms with Crippen molar-refractivity contribution in [3.8, 4) is 11.5 Å². The van der Waals surface area contributed by atoms with Crippen LogP contribution in [-0.2, 0) is 22.6 Å². The number of carboxylic acids is 1. The lowest BCUT2D eigenvalue weighted by atomic mass is 9.70. The number of carbonyl (C=O) groups excluding carboxylic acids is 1. The molecule has 3 aromatic rings. The molecule has 0 bridgehead atoms. The standard InChI is InChI=1S/C17H20O6.C11H15N5O3/c1-9(5-7-13(18)19)4-6-11-15(20)14-12(8-23-17(14)21)10(2)16(11)22-3;12-11-14-9-8(10(19)15-11)13-4-16(9)7-1-5(2-17)6(7)3-18/h4,20H,5-8H2,1-3H3,(H,18,19);4-7,17-18H,1-3H2,(H3,12,14,15,19)/b9-4+;/t;5-,6-,7-/m.1/s1. The van der Waals surface area contributed by atoms with Gasteiger partial charge in [-0.05, 0) is 44.6 Å². The Balaban J connectivity index is 0.000000196. The van der Waals surface area contributed by atoms with Crippen molar-refractivity contribution >= 4 is 29.1 Å². The van der Waals surface area contributed by atoms with E-state index in [0.29, 0.717) is 35.4 Å². The monoisotopic (exact) mass is 585 g/mol. The largest absolute Gasteiger partial charge is 0.507 e. The maximum atomic E-state index is 11.8. The number of anilines is 1. The zero-order chi connectivity index (χ0) is 30.7. The molecule has 0 saturated heterocycles. The number of nitrogen functional groups attached to an aromatic ring is 1. The molecule has 5 rings (SSSR count). The highest BCUT2D eigenvalue weighted by Gasteiger charge is 2.42. The summed E-state index contributed by atoms with van der Waals surface area (Å²) in [6.45, 7) is 3.82. The fourth-order valence-corrected chi connectivity index (χ4v) is 5.47. The van der Waals surface area contributed by atoms with Crippen LogP contribution in [0.15, 0.2) is 22.8 Å². The number of nitrogens with zero attached hydrogens (tertiary/aromatic N) is 3. The van der Waals surface area contributed by atoms with Crippen LogP contribution in [0.5, 0.6) is 11.5 Å². The number of H-pyrrole nitrogens is 1. The normalized spacial score (nSPS) is 19.5. The van der Waals surface area contributed by atoms with Gasteiger partial charge < -0.3 is 40.2 Å². The third-order valence-electron chi connectivity index (χ3n) is 7.93. The van der Waals surface area contributed by atoms with E-state index in [1.807, 2.05) is 19.9 Å². The number of imidazole rings is 1. The van der Waals surface area contributed by atoms with E-state index < -0.39 is 11.9 Å². The Hall–Kier alpha value is -4.43. The van der Waals surface area contributed by atoms with Crippen molar-refractivity contribution in [3.63, 3.8) is 0 Å². The summed E-state index contributed by atoms with van der Waals surface area (Å²) in [7, 11) is 1.51. The predicted octanol–water partition coefficient (Wildman–Crippen LogP) is 1.60. The number of aliphatic hydroxyl groups is 2. The summed E-state index contributed by atoms with van der Waals surface area (Å²) in [6, 6.07) is -0.0131. The van der Waals surface area contributed by atoms with Crippen LogP contribution >= 0.6 is 0 Å². The number of hydrogen-bond acceptors (Lipinski definition) is 11. The quantitative estimate of drug-likeness (QED) is 0.156. The highest BCUT2D eigenvalue weighted by molar-refractivity contribution is 5.98. The number of phenols is 1. The number of esters is 1. The molecule has 1 fully saturated rings. The summed E-state index contributed by atoms with van der Waals surface area (Å²) < 4.78 is 12.2. The van der Waals surface area contributed by atoms with E-state index in [-0.39, 0.29) is 72.5 Å². The molecule has 0 unspecified atom stereocenters. The van der Waals surface area contributed by atoms with Crippen molar-refractivity contribution in [2.24, 2.45) is 11.8 Å². The molecule has 3 heterocycles. The average molecular weight is 586 g/mol. The van der Waals surface area contributed by atoms with E-state index in [0.717, 1.165) is 17.6 Å². The second-order valence-electron chi connectivity index (χ2n) is 10.4. The number of allylic oxidation sites excluding steroid dienone is 2. The third-order valence-corrected chi connectivity index (χ3v) is 7.93. The zero-order valence-electron chi connectivity index (χ0n) is 23.6. The fourth-order valence-electron chi connectivity index (χ4n) is 5.47. The third kappa shape index (κ3) is 5.81. The molecule has 2 aromatic heterocycles. The average Bonchev–Trinajstić information content (AvgIpc) is 3.53. The number of carboxylic acid groups (broad SMARTS) is 1. The minimum Gasteiger partial charge on any atom is -0.507 e. The van der Waals surface area contributed by atoms with Crippen LogP contribution in [0.1, 0.15) is 59.3 Å². The lowest BCUT2D eigenvalue weighted by Crippen LogP contribution is -2.42. The lowest BCUT2D eigenvalue weighted by Gasteiger charge is -2.43. The highest BCUT2D eigenvalue weighted by atomic mass is 16.5. The van der Waals surface area contributed by atoms with Gasteiger partial charge in [0.2, 0.25) is 5.95 Å². The van der Waals surface area contributed by atoms with Gasteiger partial charge in [0.25, 0.3) is 5.56 Å². The van der Waals surface area contributed by atoms with Crippen LogP contribution in [0, 0.1) is 18.8 Å². The van der Waals surface area contributed by atoms with Crippen molar-refractivity contribution < 1.29 is 39.5 Å². The van der Waals surface area contributed by atoms with Crippen LogP contribution < -0.4 is 16.0 Å². The van der Waals surface area contributed by atoms with Gasteiger partial charge in [0.15, 0.2) is 11.2 Å². The first kappa shape index (κ1) is 30.5. The molecule has 2 aliphatic rings. The van der Waals surface area contributed by atoms with Crippen molar-refractivity contribution in [1.29, 1.82) is 0 Å². The number of aromatic nitrogens is 4. The number of hydrogen-bond donors (Lipinski definition) is 6. The van der Waals surface area contributed by atoms with Gasteiger partial charge in [-0.1, -0.05) is 11.6 Å². The van der Waals surface area contributed by atoms with E-state index in [1.165, 1.54) is 13.4 Å². The Morgan fingerprint density at radius 3 is 2.67 bits per heavy atom. The van der Waals surface area contributed by atoms with Crippen LogP contribution in [0.2, 0.25) is 0 Å². The minimum atomic E-state index is -0.853. The van der Waals surface area contributed by atoms with Crippen LogP contribution in [0.25, 0.3) is 11.2 Å². The first-order valence-electron chi connectivity index (χ1n) is 13.4. The van der Waals surface area contributed by atoms with Gasteiger partial charge in [-0.3, -0.25) is 14.6 Å². The summed E-state index contributed by atoms with van der Waals surface area (Å²) >= 11 is 0. The number of methoxy groups -OCH3 is 1. The van der Waals surface area contributed by atoms with Gasteiger partial charge in [0.1, 0.15) is 23.7 Å². The molecule has 3 atom stereocenters. The molecule has 0 amide bonds. The number of nitrogens with one attached hydrogen (secondary N) is 1. The van der Waals surface area contributed by atoms with Crippen LogP contribution in [0.4, 0.5) is 5.95 Å². The summed E-state index contributed by atoms with van der Waals surface area (Å²) in [5.74, 6) is -0.909. The van der Waals surface area contributed by atoms with E-state index in [9.17, 15) is 29.7 Å². The Bertz CT molecular complexity index is 1590. The highest BCUT2D eigenvalue weighted by Crippen LogP contribution is 2.44. The van der Waals surface area contributed by atoms with Gasteiger partial charge in [-0.15, -0.1) is 0 Å². The Kier molecular flexibility index (Phi) is 9.17. The number of aliphatic carboxylic acids is 1. The summed E-state index contributed by atoms with van der Waals surface area (Å²) in [6.07, 6.45) is 4.94. The number of benzene rings is 1. The first-order chi connectivity index (χ1) is 20.0. The number of phenolic OH excluding ortho intramolecular Hbond substituents is 1. The molecule has 7 N–H and O–H groups in total.